The van der Waals surface area contributed by atoms with Crippen molar-refractivity contribution in [2.45, 2.75) is 12.8 Å². The maximum atomic E-state index is 12.6. The summed E-state index contributed by atoms with van der Waals surface area (Å²) in [6, 6.07) is 14.0. The lowest BCUT2D eigenvalue weighted by Gasteiger charge is -2.17. The number of carbonyl (C=O) groups is 3. The molecule has 2 aromatic rings. The molecular weight excluding hydrogens is 374 g/mol. The molecule has 1 heterocycles. The second-order valence-corrected chi connectivity index (χ2v) is 6.68. The normalized spacial score (nSPS) is 15.8. The second-order valence-electron chi connectivity index (χ2n) is 6.68. The fourth-order valence-corrected chi connectivity index (χ4v) is 3.04. The predicted molar refractivity (Wildman–Crippen MR) is 108 cm³/mol. The lowest BCUT2D eigenvalue weighted by molar-refractivity contribution is -0.122. The van der Waals surface area contributed by atoms with Crippen LogP contribution in [0.3, 0.4) is 0 Å². The Morgan fingerprint density at radius 1 is 1.10 bits per heavy atom. The Morgan fingerprint density at radius 2 is 1.76 bits per heavy atom. The Kier molecular flexibility index (Phi) is 6.33. The van der Waals surface area contributed by atoms with Crippen LogP contribution >= 0.6 is 0 Å². The standard InChI is InChI=1S/C21H23N3O5/c1-28-17-8-4-16(5-9-17)24-13-14(12-20(24)26)21(27)23-15-2-6-18(7-3-15)29-11-10-19(22)25/h2-9,14H,10-13H2,1H3,(H2,22,25)(H,23,27). The molecule has 1 fully saturated rings. The van der Waals surface area contributed by atoms with Crippen LogP contribution < -0.4 is 25.4 Å². The van der Waals surface area contributed by atoms with E-state index in [0.29, 0.717) is 23.7 Å². The van der Waals surface area contributed by atoms with Gasteiger partial charge < -0.3 is 25.4 Å². The molecule has 1 saturated heterocycles. The fraction of sp³-hybridized carbons (Fsp3) is 0.286. The number of nitrogens with two attached hydrogens (primary N) is 1. The first-order chi connectivity index (χ1) is 14.0. The average Bonchev–Trinajstić information content (AvgIpc) is 3.11. The van der Waals surface area contributed by atoms with Gasteiger partial charge in [-0.15, -0.1) is 0 Å². The molecule has 29 heavy (non-hydrogen) atoms. The van der Waals surface area contributed by atoms with Gasteiger partial charge in [-0.25, -0.2) is 0 Å². The van der Waals surface area contributed by atoms with E-state index in [1.54, 1.807) is 60.5 Å². The van der Waals surface area contributed by atoms with Crippen molar-refractivity contribution >= 4 is 29.1 Å². The molecule has 2 aromatic carbocycles. The topological polar surface area (TPSA) is 111 Å². The minimum atomic E-state index is -0.434. The highest BCUT2D eigenvalue weighted by Gasteiger charge is 2.35. The van der Waals surface area contributed by atoms with E-state index in [0.717, 1.165) is 5.69 Å². The summed E-state index contributed by atoms with van der Waals surface area (Å²) < 4.78 is 10.5. The van der Waals surface area contributed by atoms with Crippen LogP contribution in [0.5, 0.6) is 11.5 Å². The maximum Gasteiger partial charge on any atom is 0.229 e. The minimum Gasteiger partial charge on any atom is -0.497 e. The number of nitrogens with zero attached hydrogens (tertiary/aromatic N) is 1. The number of methoxy groups -OCH3 is 1. The van der Waals surface area contributed by atoms with Crippen molar-refractivity contribution in [3.05, 3.63) is 48.5 Å². The third kappa shape index (κ3) is 5.25. The van der Waals surface area contributed by atoms with Gasteiger partial charge in [-0.2, -0.15) is 0 Å². The van der Waals surface area contributed by atoms with Crippen LogP contribution in [0.15, 0.2) is 48.5 Å². The van der Waals surface area contributed by atoms with Crippen molar-refractivity contribution in [1.29, 1.82) is 0 Å². The van der Waals surface area contributed by atoms with E-state index in [4.69, 9.17) is 15.2 Å². The molecule has 1 unspecified atom stereocenters. The SMILES string of the molecule is COc1ccc(N2CC(C(=O)Nc3ccc(OCCC(N)=O)cc3)CC2=O)cc1. The number of ether oxygens (including phenoxy) is 2. The summed E-state index contributed by atoms with van der Waals surface area (Å²) in [6.07, 6.45) is 0.297. The fourth-order valence-electron chi connectivity index (χ4n) is 3.04. The van der Waals surface area contributed by atoms with E-state index in [-0.39, 0.29) is 31.3 Å². The number of hydrogen-bond acceptors (Lipinski definition) is 5. The zero-order valence-electron chi connectivity index (χ0n) is 16.1. The number of rotatable bonds is 8. The lowest BCUT2D eigenvalue weighted by atomic mass is 10.1. The largest absolute Gasteiger partial charge is 0.497 e. The number of hydrogen-bond donors (Lipinski definition) is 2. The van der Waals surface area contributed by atoms with Gasteiger partial charge in [0.25, 0.3) is 0 Å². The van der Waals surface area contributed by atoms with Gasteiger partial charge in [-0.1, -0.05) is 0 Å². The van der Waals surface area contributed by atoms with Crippen molar-refractivity contribution < 1.29 is 23.9 Å². The highest BCUT2D eigenvalue weighted by molar-refractivity contribution is 6.03. The molecule has 0 spiro atoms. The smallest absolute Gasteiger partial charge is 0.229 e. The third-order valence-corrected chi connectivity index (χ3v) is 4.62. The number of amides is 3. The van der Waals surface area contributed by atoms with Crippen molar-refractivity contribution in [2.24, 2.45) is 11.7 Å². The van der Waals surface area contributed by atoms with E-state index < -0.39 is 11.8 Å². The summed E-state index contributed by atoms with van der Waals surface area (Å²) >= 11 is 0. The van der Waals surface area contributed by atoms with Gasteiger partial charge in [-0.3, -0.25) is 14.4 Å². The molecule has 1 aliphatic rings. The van der Waals surface area contributed by atoms with Crippen molar-refractivity contribution in [3.63, 3.8) is 0 Å². The average molecular weight is 397 g/mol. The molecule has 0 radical (unpaired) electrons. The summed E-state index contributed by atoms with van der Waals surface area (Å²) in [5.41, 5.74) is 6.41. The number of nitrogens with one attached hydrogen (secondary N) is 1. The summed E-state index contributed by atoms with van der Waals surface area (Å²) in [5.74, 6) is 0.118. The first kappa shape index (κ1) is 20.2. The Balaban J connectivity index is 1.55. The second kappa shape index (κ2) is 9.09. The molecule has 0 saturated carbocycles. The molecule has 8 heteroatoms. The molecule has 1 aliphatic heterocycles. The van der Waals surface area contributed by atoms with Crippen LogP contribution in [0.2, 0.25) is 0 Å². The molecule has 3 amide bonds. The van der Waals surface area contributed by atoms with Crippen LogP contribution in [-0.2, 0) is 14.4 Å². The highest BCUT2D eigenvalue weighted by Crippen LogP contribution is 2.27. The zero-order chi connectivity index (χ0) is 20.8. The van der Waals surface area contributed by atoms with Gasteiger partial charge >= 0.3 is 0 Å². The maximum absolute atomic E-state index is 12.6. The Labute approximate surface area is 168 Å². The lowest BCUT2D eigenvalue weighted by Crippen LogP contribution is -2.28. The first-order valence-corrected chi connectivity index (χ1v) is 9.22. The van der Waals surface area contributed by atoms with E-state index in [1.807, 2.05) is 0 Å². The van der Waals surface area contributed by atoms with Gasteiger partial charge in [-0.05, 0) is 48.5 Å². The first-order valence-electron chi connectivity index (χ1n) is 9.22. The van der Waals surface area contributed by atoms with Crippen LogP contribution in [0.4, 0.5) is 11.4 Å². The van der Waals surface area contributed by atoms with Crippen LogP contribution in [-0.4, -0.2) is 38.0 Å². The molecule has 0 aliphatic carbocycles. The molecule has 0 bridgehead atoms. The van der Waals surface area contributed by atoms with Gasteiger partial charge in [0.05, 0.1) is 26.1 Å². The molecule has 0 aromatic heterocycles. The predicted octanol–water partition coefficient (Wildman–Crippen LogP) is 1.94. The van der Waals surface area contributed by atoms with Crippen molar-refractivity contribution in [1.82, 2.24) is 0 Å². The van der Waals surface area contributed by atoms with E-state index >= 15 is 0 Å². The van der Waals surface area contributed by atoms with Gasteiger partial charge in [0.2, 0.25) is 17.7 Å². The zero-order valence-corrected chi connectivity index (χ0v) is 16.1. The summed E-state index contributed by atoms with van der Waals surface area (Å²) in [5, 5.41) is 2.83. The minimum absolute atomic E-state index is 0.0893. The molecule has 152 valence electrons. The Morgan fingerprint density at radius 3 is 2.38 bits per heavy atom. The van der Waals surface area contributed by atoms with Crippen molar-refractivity contribution in [2.75, 3.05) is 30.5 Å². The molecule has 3 N–H and O–H groups in total. The Hall–Kier alpha value is -3.55. The molecule has 8 nitrogen and oxygen atoms in total. The van der Waals surface area contributed by atoms with E-state index in [1.165, 1.54) is 0 Å². The molecule has 3 rings (SSSR count). The Bertz CT molecular complexity index is 880. The molecular formula is C21H23N3O5. The summed E-state index contributed by atoms with van der Waals surface area (Å²) in [7, 11) is 1.58. The summed E-state index contributed by atoms with van der Waals surface area (Å²) in [4.78, 5) is 37.3. The van der Waals surface area contributed by atoms with Gasteiger partial charge in [0.15, 0.2) is 0 Å². The van der Waals surface area contributed by atoms with Crippen LogP contribution in [0.1, 0.15) is 12.8 Å². The van der Waals surface area contributed by atoms with Gasteiger partial charge in [0.1, 0.15) is 11.5 Å². The van der Waals surface area contributed by atoms with Gasteiger partial charge in [0, 0.05) is 24.3 Å². The third-order valence-electron chi connectivity index (χ3n) is 4.62. The van der Waals surface area contributed by atoms with Crippen LogP contribution in [0, 0.1) is 5.92 Å². The number of benzene rings is 2. The highest BCUT2D eigenvalue weighted by atomic mass is 16.5. The van der Waals surface area contributed by atoms with E-state index in [2.05, 4.69) is 5.32 Å². The number of anilines is 2. The van der Waals surface area contributed by atoms with Crippen molar-refractivity contribution in [3.8, 4) is 11.5 Å². The number of primary amides is 1. The number of carbonyl (C=O) groups excluding carboxylic acids is 3. The quantitative estimate of drug-likeness (QED) is 0.707. The summed E-state index contributed by atoms with van der Waals surface area (Å²) in [6.45, 7) is 0.526. The molecule has 1 atom stereocenters. The van der Waals surface area contributed by atoms with Crippen LogP contribution in [0.25, 0.3) is 0 Å². The van der Waals surface area contributed by atoms with E-state index in [9.17, 15) is 14.4 Å². The monoisotopic (exact) mass is 397 g/mol.